The van der Waals surface area contributed by atoms with E-state index in [2.05, 4.69) is 37.2 Å². The van der Waals surface area contributed by atoms with Crippen LogP contribution in [-0.4, -0.2) is 5.11 Å². The van der Waals surface area contributed by atoms with Crippen LogP contribution >= 0.6 is 55.1 Å². The van der Waals surface area contributed by atoms with Crippen LogP contribution in [-0.2, 0) is 6.54 Å². The Kier molecular flexibility index (Phi) is 5.01. The molecule has 0 atom stereocenters. The molecule has 2 nitrogen and oxygen atoms in total. The van der Waals surface area contributed by atoms with Crippen molar-refractivity contribution in [1.82, 2.24) is 0 Å². The van der Waals surface area contributed by atoms with Gasteiger partial charge in [0.05, 0.1) is 19.0 Å². The number of nitrogens with one attached hydrogen (secondary N) is 1. The molecule has 2 aromatic carbocycles. The van der Waals surface area contributed by atoms with E-state index in [4.69, 9.17) is 23.2 Å². The van der Waals surface area contributed by atoms with Crippen molar-refractivity contribution in [2.75, 3.05) is 5.32 Å². The van der Waals surface area contributed by atoms with E-state index in [1.807, 2.05) is 18.2 Å². The topological polar surface area (TPSA) is 32.3 Å². The van der Waals surface area contributed by atoms with Gasteiger partial charge in [0.25, 0.3) is 0 Å². The van der Waals surface area contributed by atoms with Gasteiger partial charge in [0.15, 0.2) is 0 Å². The smallest absolute Gasteiger partial charge is 0.143 e. The van der Waals surface area contributed by atoms with Gasteiger partial charge < -0.3 is 10.4 Å². The van der Waals surface area contributed by atoms with Crippen LogP contribution < -0.4 is 5.32 Å². The summed E-state index contributed by atoms with van der Waals surface area (Å²) in [7, 11) is 0. The van der Waals surface area contributed by atoms with E-state index < -0.39 is 0 Å². The van der Waals surface area contributed by atoms with Gasteiger partial charge in [0, 0.05) is 12.2 Å². The molecule has 6 heteroatoms. The molecule has 0 bridgehead atoms. The first kappa shape index (κ1) is 15.0. The highest BCUT2D eigenvalue weighted by atomic mass is 79.9. The molecule has 100 valence electrons. The zero-order chi connectivity index (χ0) is 14.0. The molecule has 2 N–H and O–H groups in total. The minimum atomic E-state index is 0.193. The monoisotopic (exact) mass is 423 g/mol. The number of phenols is 1. The highest BCUT2D eigenvalue weighted by molar-refractivity contribution is 9.11. The molecule has 0 aliphatic carbocycles. The van der Waals surface area contributed by atoms with Gasteiger partial charge >= 0.3 is 0 Å². The van der Waals surface area contributed by atoms with E-state index >= 15 is 0 Å². The van der Waals surface area contributed by atoms with Crippen molar-refractivity contribution in [1.29, 1.82) is 0 Å². The van der Waals surface area contributed by atoms with E-state index in [-0.39, 0.29) is 5.75 Å². The summed E-state index contributed by atoms with van der Waals surface area (Å²) in [6.07, 6.45) is 0. The molecule has 0 aliphatic rings. The Morgan fingerprint density at radius 1 is 1.00 bits per heavy atom. The molecule has 0 saturated carbocycles. The highest BCUT2D eigenvalue weighted by Crippen LogP contribution is 2.33. The van der Waals surface area contributed by atoms with Crippen LogP contribution in [0.5, 0.6) is 5.75 Å². The first-order chi connectivity index (χ1) is 8.97. The Labute approximate surface area is 138 Å². The van der Waals surface area contributed by atoms with Crippen LogP contribution in [0.2, 0.25) is 10.0 Å². The average molecular weight is 426 g/mol. The number of hydrogen-bond acceptors (Lipinski definition) is 2. The van der Waals surface area contributed by atoms with Crippen molar-refractivity contribution < 1.29 is 5.11 Å². The zero-order valence-corrected chi connectivity index (χ0v) is 14.2. The SMILES string of the molecule is Oc1c(Br)cc(CNc2ccc(Cl)c(Cl)c2)cc1Br. The van der Waals surface area contributed by atoms with Crippen molar-refractivity contribution in [3.8, 4) is 5.75 Å². The first-order valence-electron chi connectivity index (χ1n) is 5.33. The fourth-order valence-electron chi connectivity index (χ4n) is 1.53. The molecule has 0 unspecified atom stereocenters. The third kappa shape index (κ3) is 3.78. The van der Waals surface area contributed by atoms with Crippen molar-refractivity contribution in [2.24, 2.45) is 0 Å². The van der Waals surface area contributed by atoms with Crippen molar-refractivity contribution in [2.45, 2.75) is 6.54 Å². The summed E-state index contributed by atoms with van der Waals surface area (Å²) in [5, 5.41) is 13.9. The van der Waals surface area contributed by atoms with Crippen LogP contribution in [0.1, 0.15) is 5.56 Å². The van der Waals surface area contributed by atoms with Crippen molar-refractivity contribution in [3.63, 3.8) is 0 Å². The summed E-state index contributed by atoms with van der Waals surface area (Å²) in [5.41, 5.74) is 1.90. The number of phenolic OH excluding ortho intramolecular Hbond substituents is 1. The summed E-state index contributed by atoms with van der Waals surface area (Å²) < 4.78 is 1.29. The van der Waals surface area contributed by atoms with Gasteiger partial charge in [-0.25, -0.2) is 0 Å². The Morgan fingerprint density at radius 3 is 2.21 bits per heavy atom. The second kappa shape index (κ2) is 6.35. The average Bonchev–Trinajstić information content (AvgIpc) is 2.37. The van der Waals surface area contributed by atoms with Crippen LogP contribution in [0.15, 0.2) is 39.3 Å². The predicted octanol–water partition coefficient (Wildman–Crippen LogP) is 5.84. The fraction of sp³-hybridized carbons (Fsp3) is 0.0769. The molecule has 19 heavy (non-hydrogen) atoms. The molecular formula is C13H9Br2Cl2NO. The van der Waals surface area contributed by atoms with Gasteiger partial charge in [-0.05, 0) is 67.8 Å². The number of benzene rings is 2. The van der Waals surface area contributed by atoms with Crippen LogP contribution in [0.3, 0.4) is 0 Å². The number of aromatic hydroxyl groups is 1. The van der Waals surface area contributed by atoms with Gasteiger partial charge in [0.2, 0.25) is 0 Å². The van der Waals surface area contributed by atoms with Gasteiger partial charge in [-0.15, -0.1) is 0 Å². The molecular weight excluding hydrogens is 417 g/mol. The Hall–Kier alpha value is -0.420. The standard InChI is InChI=1S/C13H9Br2Cl2NO/c14-9-3-7(4-10(15)13(9)19)6-18-8-1-2-11(16)12(17)5-8/h1-5,18-19H,6H2. The van der Waals surface area contributed by atoms with E-state index in [0.717, 1.165) is 11.3 Å². The van der Waals surface area contributed by atoms with Crippen molar-refractivity contribution in [3.05, 3.63) is 54.9 Å². The highest BCUT2D eigenvalue weighted by Gasteiger charge is 2.06. The minimum absolute atomic E-state index is 0.193. The second-order valence-corrected chi connectivity index (χ2v) is 6.41. The third-order valence-electron chi connectivity index (χ3n) is 2.49. The summed E-state index contributed by atoms with van der Waals surface area (Å²) in [6, 6.07) is 9.08. The van der Waals surface area contributed by atoms with Crippen LogP contribution in [0.25, 0.3) is 0 Å². The quantitative estimate of drug-likeness (QED) is 0.647. The molecule has 0 spiro atoms. The minimum Gasteiger partial charge on any atom is -0.506 e. The lowest BCUT2D eigenvalue weighted by molar-refractivity contribution is 0.468. The third-order valence-corrected chi connectivity index (χ3v) is 4.44. The van der Waals surface area contributed by atoms with E-state index in [9.17, 15) is 5.11 Å². The Bertz CT molecular complexity index is 597. The molecule has 0 heterocycles. The normalized spacial score (nSPS) is 10.5. The summed E-state index contributed by atoms with van der Waals surface area (Å²) in [5.74, 6) is 0.193. The lowest BCUT2D eigenvalue weighted by Gasteiger charge is -2.09. The lowest BCUT2D eigenvalue weighted by Crippen LogP contribution is -1.99. The molecule has 0 saturated heterocycles. The lowest BCUT2D eigenvalue weighted by atomic mass is 10.2. The van der Waals surface area contributed by atoms with E-state index in [0.29, 0.717) is 25.5 Å². The molecule has 0 radical (unpaired) electrons. The molecule has 2 rings (SSSR count). The maximum absolute atomic E-state index is 9.64. The summed E-state index contributed by atoms with van der Waals surface area (Å²) >= 11 is 18.4. The summed E-state index contributed by atoms with van der Waals surface area (Å²) in [6.45, 7) is 0.607. The summed E-state index contributed by atoms with van der Waals surface area (Å²) in [4.78, 5) is 0. The fourth-order valence-corrected chi connectivity index (χ4v) is 3.11. The van der Waals surface area contributed by atoms with Gasteiger partial charge in [0.1, 0.15) is 5.75 Å². The Morgan fingerprint density at radius 2 is 1.63 bits per heavy atom. The van der Waals surface area contributed by atoms with E-state index in [1.165, 1.54) is 0 Å². The van der Waals surface area contributed by atoms with Crippen molar-refractivity contribution >= 4 is 60.7 Å². The van der Waals surface area contributed by atoms with Gasteiger partial charge in [-0.2, -0.15) is 0 Å². The van der Waals surface area contributed by atoms with Gasteiger partial charge in [-0.3, -0.25) is 0 Å². The van der Waals surface area contributed by atoms with E-state index in [1.54, 1.807) is 12.1 Å². The zero-order valence-electron chi connectivity index (χ0n) is 9.55. The number of rotatable bonds is 3. The molecule has 0 aromatic heterocycles. The number of halogens is 4. The molecule has 0 aliphatic heterocycles. The predicted molar refractivity (Wildman–Crippen MR) is 87.3 cm³/mol. The molecule has 0 fully saturated rings. The van der Waals surface area contributed by atoms with Gasteiger partial charge in [-0.1, -0.05) is 23.2 Å². The van der Waals surface area contributed by atoms with Crippen LogP contribution in [0, 0.1) is 0 Å². The second-order valence-electron chi connectivity index (χ2n) is 3.89. The number of anilines is 1. The maximum atomic E-state index is 9.64. The molecule has 0 amide bonds. The number of hydrogen-bond donors (Lipinski definition) is 2. The molecule has 2 aromatic rings. The maximum Gasteiger partial charge on any atom is 0.143 e. The Balaban J connectivity index is 2.12. The first-order valence-corrected chi connectivity index (χ1v) is 7.67. The largest absolute Gasteiger partial charge is 0.506 e. The van der Waals surface area contributed by atoms with Crippen LogP contribution in [0.4, 0.5) is 5.69 Å².